The van der Waals surface area contributed by atoms with E-state index in [1.807, 2.05) is 0 Å². The van der Waals surface area contributed by atoms with E-state index in [1.165, 1.54) is 0 Å². The Morgan fingerprint density at radius 1 is 1.17 bits per heavy atom. The molecule has 1 fully saturated rings. The summed E-state index contributed by atoms with van der Waals surface area (Å²) >= 11 is 0. The van der Waals surface area contributed by atoms with Crippen LogP contribution in [0.25, 0.3) is 0 Å². The molecule has 1 aliphatic heterocycles. The van der Waals surface area contributed by atoms with Crippen molar-refractivity contribution >= 4 is 11.9 Å². The highest BCUT2D eigenvalue weighted by Gasteiger charge is 2.51. The minimum absolute atomic E-state index is 0.459. The number of aliphatic hydroxyl groups is 2. The molecule has 0 aromatic carbocycles. The smallest absolute Gasteiger partial charge is 0.331 e. The molecule has 0 aliphatic carbocycles. The Hall–Kier alpha value is -1.14. The van der Waals surface area contributed by atoms with Crippen LogP contribution in [0.5, 0.6) is 0 Å². The van der Waals surface area contributed by atoms with Gasteiger partial charge >= 0.3 is 11.9 Å². The molecule has 0 radical (unpaired) electrons. The van der Waals surface area contributed by atoms with Crippen LogP contribution in [0.1, 0.15) is 0 Å². The highest BCUT2D eigenvalue weighted by Crippen LogP contribution is 2.23. The monoisotopic (exact) mass is 176 g/mol. The first kappa shape index (κ1) is 8.95. The summed E-state index contributed by atoms with van der Waals surface area (Å²) < 4.78 is 8.69. The molecule has 0 spiro atoms. The Morgan fingerprint density at radius 2 is 1.58 bits per heavy atom. The lowest BCUT2D eigenvalue weighted by molar-refractivity contribution is -0.208. The van der Waals surface area contributed by atoms with Crippen molar-refractivity contribution in [3.63, 3.8) is 0 Å². The zero-order valence-corrected chi connectivity index (χ0v) is 6.15. The van der Waals surface area contributed by atoms with Gasteiger partial charge in [0.05, 0.1) is 13.2 Å². The summed E-state index contributed by atoms with van der Waals surface area (Å²) in [7, 11) is 0. The third-order valence-corrected chi connectivity index (χ3v) is 1.70. The summed E-state index contributed by atoms with van der Waals surface area (Å²) in [5.74, 6) is -1.91. The van der Waals surface area contributed by atoms with Crippen molar-refractivity contribution in [2.75, 3.05) is 20.0 Å². The second-order valence-electron chi connectivity index (χ2n) is 2.38. The lowest BCUT2D eigenvalue weighted by Crippen LogP contribution is -2.51. The van der Waals surface area contributed by atoms with E-state index < -0.39 is 37.4 Å². The van der Waals surface area contributed by atoms with Crippen molar-refractivity contribution in [3.05, 3.63) is 0 Å². The fourth-order valence-corrected chi connectivity index (χ4v) is 0.804. The lowest BCUT2D eigenvalue weighted by atomic mass is 9.90. The molecule has 0 aromatic rings. The van der Waals surface area contributed by atoms with E-state index >= 15 is 0 Å². The van der Waals surface area contributed by atoms with Gasteiger partial charge in [-0.1, -0.05) is 0 Å². The molecule has 68 valence electrons. The van der Waals surface area contributed by atoms with Gasteiger partial charge in [-0.25, -0.2) is 0 Å². The average molecular weight is 176 g/mol. The van der Waals surface area contributed by atoms with Gasteiger partial charge in [-0.05, 0) is 0 Å². The summed E-state index contributed by atoms with van der Waals surface area (Å²) in [4.78, 5) is 21.9. The third kappa shape index (κ3) is 1.05. The molecule has 12 heavy (non-hydrogen) atoms. The fourth-order valence-electron chi connectivity index (χ4n) is 0.804. The molecular weight excluding hydrogens is 168 g/mol. The normalized spacial score (nSPS) is 21.5. The largest absolute Gasteiger partial charge is 0.427 e. The van der Waals surface area contributed by atoms with Crippen LogP contribution in [-0.4, -0.2) is 42.2 Å². The quantitative estimate of drug-likeness (QED) is 0.374. The van der Waals surface area contributed by atoms with Gasteiger partial charge < -0.3 is 19.7 Å². The van der Waals surface area contributed by atoms with E-state index in [-0.39, 0.29) is 0 Å². The zero-order valence-electron chi connectivity index (χ0n) is 6.15. The van der Waals surface area contributed by atoms with E-state index in [4.69, 9.17) is 10.2 Å². The van der Waals surface area contributed by atoms with Crippen LogP contribution < -0.4 is 0 Å². The van der Waals surface area contributed by atoms with E-state index in [2.05, 4.69) is 9.47 Å². The molecule has 0 unspecified atom stereocenters. The number of hydrogen-bond donors (Lipinski definition) is 2. The topological polar surface area (TPSA) is 93.1 Å². The molecule has 2 N–H and O–H groups in total. The van der Waals surface area contributed by atoms with E-state index in [1.54, 1.807) is 0 Å². The number of carbonyl (C=O) groups is 2. The first-order valence-corrected chi connectivity index (χ1v) is 3.23. The van der Waals surface area contributed by atoms with Crippen LogP contribution in [0.2, 0.25) is 0 Å². The Labute approximate surface area is 67.7 Å². The van der Waals surface area contributed by atoms with Crippen molar-refractivity contribution in [1.29, 1.82) is 0 Å². The van der Waals surface area contributed by atoms with Gasteiger partial charge in [-0.15, -0.1) is 0 Å². The van der Waals surface area contributed by atoms with Crippen LogP contribution in [0.3, 0.4) is 0 Å². The molecule has 0 amide bonds. The fraction of sp³-hybridized carbons (Fsp3) is 0.667. The summed E-state index contributed by atoms with van der Waals surface area (Å²) in [6.07, 6.45) is 0. The SMILES string of the molecule is O=C1OCOC(=O)C1(CO)CO. The summed E-state index contributed by atoms with van der Waals surface area (Å²) in [5.41, 5.74) is -1.93. The van der Waals surface area contributed by atoms with Crippen LogP contribution in [0, 0.1) is 5.41 Å². The molecule has 1 aliphatic rings. The molecule has 0 bridgehead atoms. The van der Waals surface area contributed by atoms with Crippen molar-refractivity contribution in [1.82, 2.24) is 0 Å². The Bertz CT molecular complexity index is 188. The maximum absolute atomic E-state index is 10.9. The summed E-state index contributed by atoms with van der Waals surface area (Å²) in [6, 6.07) is 0. The highest BCUT2D eigenvalue weighted by atomic mass is 16.7. The molecule has 0 saturated carbocycles. The van der Waals surface area contributed by atoms with Gasteiger partial charge in [0, 0.05) is 0 Å². The first-order valence-electron chi connectivity index (χ1n) is 3.23. The molecule has 6 nitrogen and oxygen atoms in total. The molecule has 1 heterocycles. The lowest BCUT2D eigenvalue weighted by Gasteiger charge is -2.28. The second-order valence-corrected chi connectivity index (χ2v) is 2.38. The van der Waals surface area contributed by atoms with Gasteiger partial charge in [0.15, 0.2) is 0 Å². The van der Waals surface area contributed by atoms with Crippen LogP contribution >= 0.6 is 0 Å². The van der Waals surface area contributed by atoms with E-state index in [0.717, 1.165) is 0 Å². The van der Waals surface area contributed by atoms with Crippen molar-refractivity contribution in [3.8, 4) is 0 Å². The van der Waals surface area contributed by atoms with Crippen LogP contribution in [0.15, 0.2) is 0 Å². The van der Waals surface area contributed by atoms with Crippen molar-refractivity contribution in [2.45, 2.75) is 0 Å². The van der Waals surface area contributed by atoms with Crippen molar-refractivity contribution < 1.29 is 29.3 Å². The number of hydrogen-bond acceptors (Lipinski definition) is 6. The zero-order chi connectivity index (χ0) is 9.19. The number of carbonyl (C=O) groups excluding carboxylic acids is 2. The van der Waals surface area contributed by atoms with Gasteiger partial charge in [-0.2, -0.15) is 0 Å². The average Bonchev–Trinajstić information content (AvgIpc) is 2.06. The number of esters is 2. The van der Waals surface area contributed by atoms with Crippen LogP contribution in [-0.2, 0) is 19.1 Å². The van der Waals surface area contributed by atoms with Gasteiger partial charge in [0.2, 0.25) is 12.2 Å². The first-order chi connectivity index (χ1) is 5.67. The minimum atomic E-state index is -1.93. The van der Waals surface area contributed by atoms with E-state index in [9.17, 15) is 9.59 Å². The predicted molar refractivity (Wildman–Crippen MR) is 33.7 cm³/mol. The number of ether oxygens (including phenoxy) is 2. The minimum Gasteiger partial charge on any atom is -0.427 e. The number of aliphatic hydroxyl groups excluding tert-OH is 2. The molecule has 1 saturated heterocycles. The standard InChI is InChI=1S/C6H8O6/c7-1-6(2-8)4(9)11-3-12-5(6)10/h7-8H,1-3H2. The Kier molecular flexibility index (Phi) is 2.30. The van der Waals surface area contributed by atoms with Gasteiger partial charge in [-0.3, -0.25) is 9.59 Å². The Balaban J connectivity index is 2.93. The third-order valence-electron chi connectivity index (χ3n) is 1.70. The maximum atomic E-state index is 10.9. The highest BCUT2D eigenvalue weighted by molar-refractivity contribution is 6.01. The number of cyclic esters (lactones) is 2. The predicted octanol–water partition coefficient (Wildman–Crippen LogP) is -1.99. The summed E-state index contributed by atoms with van der Waals surface area (Å²) in [5, 5.41) is 17.4. The van der Waals surface area contributed by atoms with E-state index in [0.29, 0.717) is 0 Å². The van der Waals surface area contributed by atoms with Crippen molar-refractivity contribution in [2.24, 2.45) is 5.41 Å². The molecule has 0 atom stereocenters. The molecule has 0 aromatic heterocycles. The maximum Gasteiger partial charge on any atom is 0.331 e. The Morgan fingerprint density at radius 3 is 1.83 bits per heavy atom. The molecule has 6 heteroatoms. The molecule has 1 rings (SSSR count). The number of rotatable bonds is 2. The van der Waals surface area contributed by atoms with Gasteiger partial charge in [0.25, 0.3) is 0 Å². The van der Waals surface area contributed by atoms with Gasteiger partial charge in [0.1, 0.15) is 0 Å². The summed E-state index contributed by atoms with van der Waals surface area (Å²) in [6.45, 7) is -2.10. The molecular formula is C6H8O6. The second kappa shape index (κ2) is 3.08. The van der Waals surface area contributed by atoms with Crippen LogP contribution in [0.4, 0.5) is 0 Å².